The molecule has 1 fully saturated rings. The lowest BCUT2D eigenvalue weighted by Crippen LogP contribution is -2.43. The Morgan fingerprint density at radius 2 is 1.75 bits per heavy atom. The van der Waals surface area contributed by atoms with Crippen LogP contribution in [0.5, 0.6) is 0 Å². The smallest absolute Gasteiger partial charge is 0.192 e. The summed E-state index contributed by atoms with van der Waals surface area (Å²) in [6, 6.07) is 10.7. The molecule has 1 saturated heterocycles. The molecule has 1 atom stereocenters. The number of thioether (sulfide) groups is 2. The van der Waals surface area contributed by atoms with E-state index in [4.69, 9.17) is 4.43 Å². The molecule has 0 aliphatic carbocycles. The third-order valence-corrected chi connectivity index (χ3v) is 13.1. The zero-order valence-electron chi connectivity index (χ0n) is 15.7. The molecule has 24 heavy (non-hydrogen) atoms. The maximum Gasteiger partial charge on any atom is 0.192 e. The molecule has 1 N–H and O–H groups in total. The van der Waals surface area contributed by atoms with Gasteiger partial charge >= 0.3 is 0 Å². The summed E-state index contributed by atoms with van der Waals surface area (Å²) in [7, 11) is -1.81. The Bertz CT molecular complexity index is 508. The zero-order valence-corrected chi connectivity index (χ0v) is 18.3. The van der Waals surface area contributed by atoms with Gasteiger partial charge in [0.25, 0.3) is 0 Å². The van der Waals surface area contributed by atoms with Crippen molar-refractivity contribution in [3.63, 3.8) is 0 Å². The van der Waals surface area contributed by atoms with E-state index in [1.54, 1.807) is 0 Å². The van der Waals surface area contributed by atoms with Crippen LogP contribution < -0.4 is 0 Å². The predicted molar refractivity (Wildman–Crippen MR) is 111 cm³/mol. The molecule has 0 radical (unpaired) electrons. The Morgan fingerprint density at radius 1 is 1.17 bits per heavy atom. The Morgan fingerprint density at radius 3 is 2.29 bits per heavy atom. The Kier molecular flexibility index (Phi) is 6.93. The Labute approximate surface area is 157 Å². The third kappa shape index (κ3) is 5.04. The van der Waals surface area contributed by atoms with Gasteiger partial charge in [-0.15, -0.1) is 23.5 Å². The van der Waals surface area contributed by atoms with E-state index in [1.807, 2.05) is 23.5 Å². The minimum atomic E-state index is -1.81. The highest BCUT2D eigenvalue weighted by Gasteiger charge is 2.40. The van der Waals surface area contributed by atoms with Crippen molar-refractivity contribution in [3.05, 3.63) is 35.9 Å². The molecular weight excluding hydrogens is 352 g/mol. The molecular formula is C19H32O2S2Si. The second-order valence-corrected chi connectivity index (χ2v) is 16.0. The van der Waals surface area contributed by atoms with Gasteiger partial charge in [-0.05, 0) is 41.6 Å². The first-order valence-electron chi connectivity index (χ1n) is 8.82. The first-order valence-corrected chi connectivity index (χ1v) is 13.7. The maximum absolute atomic E-state index is 10.7. The normalized spacial score (nSPS) is 19.9. The van der Waals surface area contributed by atoms with Gasteiger partial charge in [-0.25, -0.2) is 0 Å². The summed E-state index contributed by atoms with van der Waals surface area (Å²) >= 11 is 3.98. The molecule has 2 nitrogen and oxygen atoms in total. The van der Waals surface area contributed by atoms with Crippen LogP contribution >= 0.6 is 23.5 Å². The molecule has 1 heterocycles. The molecule has 0 unspecified atom stereocenters. The third-order valence-electron chi connectivity index (χ3n) is 5.12. The number of hydrogen-bond donors (Lipinski definition) is 1. The van der Waals surface area contributed by atoms with Crippen LogP contribution in [0.3, 0.4) is 0 Å². The number of aliphatic hydroxyl groups is 1. The van der Waals surface area contributed by atoms with E-state index in [0.29, 0.717) is 6.61 Å². The highest BCUT2D eigenvalue weighted by atomic mass is 32.2. The molecule has 0 aromatic heterocycles. The zero-order chi connectivity index (χ0) is 17.8. The van der Waals surface area contributed by atoms with Gasteiger partial charge in [0.15, 0.2) is 8.32 Å². The van der Waals surface area contributed by atoms with Crippen molar-refractivity contribution in [1.29, 1.82) is 0 Å². The van der Waals surface area contributed by atoms with Crippen LogP contribution in [0.4, 0.5) is 0 Å². The Balaban J connectivity index is 2.05. The van der Waals surface area contributed by atoms with E-state index in [-0.39, 0.29) is 9.12 Å². The van der Waals surface area contributed by atoms with Gasteiger partial charge in [-0.2, -0.15) is 0 Å². The molecule has 2 rings (SSSR count). The molecule has 1 aromatic carbocycles. The van der Waals surface area contributed by atoms with E-state index in [1.165, 1.54) is 12.0 Å². The summed E-state index contributed by atoms with van der Waals surface area (Å²) in [4.78, 5) is 0. The van der Waals surface area contributed by atoms with Crippen molar-refractivity contribution in [2.45, 2.75) is 61.9 Å². The molecule has 0 spiro atoms. The fraction of sp³-hybridized carbons (Fsp3) is 0.684. The van der Waals surface area contributed by atoms with Gasteiger partial charge in [0, 0.05) is 6.42 Å². The summed E-state index contributed by atoms with van der Waals surface area (Å²) in [6.07, 6.45) is 1.58. The van der Waals surface area contributed by atoms with Crippen LogP contribution in [0.1, 0.15) is 39.2 Å². The quantitative estimate of drug-likeness (QED) is 0.657. The average molecular weight is 385 g/mol. The second-order valence-electron chi connectivity index (χ2n) is 8.10. The van der Waals surface area contributed by atoms with Crippen molar-refractivity contribution in [3.8, 4) is 0 Å². The van der Waals surface area contributed by atoms with Gasteiger partial charge in [0.05, 0.1) is 16.8 Å². The van der Waals surface area contributed by atoms with Crippen molar-refractivity contribution in [2.75, 3.05) is 18.1 Å². The van der Waals surface area contributed by atoms with Gasteiger partial charge in [-0.1, -0.05) is 51.1 Å². The van der Waals surface area contributed by atoms with Gasteiger partial charge in [0.1, 0.15) is 0 Å². The van der Waals surface area contributed by atoms with Crippen LogP contribution in [0.2, 0.25) is 18.1 Å². The summed E-state index contributed by atoms with van der Waals surface area (Å²) in [5.41, 5.74) is 1.33. The van der Waals surface area contributed by atoms with Crippen LogP contribution in [0.15, 0.2) is 30.3 Å². The lowest BCUT2D eigenvalue weighted by Gasteiger charge is -2.40. The first kappa shape index (κ1) is 20.4. The summed E-state index contributed by atoms with van der Waals surface area (Å²) < 4.78 is 6.22. The second kappa shape index (κ2) is 8.17. The van der Waals surface area contributed by atoms with Crippen molar-refractivity contribution >= 4 is 31.8 Å². The minimum absolute atomic E-state index is 0.0320. The van der Waals surface area contributed by atoms with Gasteiger partial charge in [0.2, 0.25) is 0 Å². The minimum Gasteiger partial charge on any atom is -0.414 e. The number of rotatable bonds is 6. The monoisotopic (exact) mass is 384 g/mol. The summed E-state index contributed by atoms with van der Waals surface area (Å²) in [5.74, 6) is 2.33. The first-order chi connectivity index (χ1) is 11.2. The molecule has 1 aliphatic heterocycles. The summed E-state index contributed by atoms with van der Waals surface area (Å²) in [6.45, 7) is 11.7. The summed E-state index contributed by atoms with van der Waals surface area (Å²) in [5, 5.41) is 10.9. The number of benzene rings is 1. The van der Waals surface area contributed by atoms with Crippen LogP contribution in [-0.2, 0) is 8.51 Å². The van der Waals surface area contributed by atoms with E-state index in [0.717, 1.165) is 17.9 Å². The van der Waals surface area contributed by atoms with Gasteiger partial charge < -0.3 is 9.53 Å². The average Bonchev–Trinajstić information content (AvgIpc) is 2.54. The van der Waals surface area contributed by atoms with Crippen LogP contribution in [0, 0.1) is 0 Å². The number of aliphatic hydroxyl groups excluding tert-OH is 1. The molecule has 0 saturated carbocycles. The SMILES string of the molecule is CC(C)(C)[Si](C)(C)OC[C@H](O)CC1(c2ccccc2)SCCCS1. The Hall–Kier alpha value is 0.0569. The van der Waals surface area contributed by atoms with E-state index < -0.39 is 14.4 Å². The highest BCUT2D eigenvalue weighted by Crippen LogP contribution is 2.53. The fourth-order valence-electron chi connectivity index (χ4n) is 2.56. The van der Waals surface area contributed by atoms with E-state index in [9.17, 15) is 5.11 Å². The lowest BCUT2D eigenvalue weighted by atomic mass is 10.1. The van der Waals surface area contributed by atoms with Crippen LogP contribution in [-0.4, -0.2) is 37.6 Å². The van der Waals surface area contributed by atoms with E-state index >= 15 is 0 Å². The van der Waals surface area contributed by atoms with Gasteiger partial charge in [-0.3, -0.25) is 0 Å². The van der Waals surface area contributed by atoms with Crippen molar-refractivity contribution in [1.82, 2.24) is 0 Å². The largest absolute Gasteiger partial charge is 0.414 e. The molecule has 136 valence electrons. The van der Waals surface area contributed by atoms with Crippen LogP contribution in [0.25, 0.3) is 0 Å². The molecule has 0 bridgehead atoms. The fourth-order valence-corrected chi connectivity index (χ4v) is 7.08. The maximum atomic E-state index is 10.7. The van der Waals surface area contributed by atoms with Crippen molar-refractivity contribution in [2.24, 2.45) is 0 Å². The lowest BCUT2D eigenvalue weighted by molar-refractivity contribution is 0.0902. The van der Waals surface area contributed by atoms with Crippen molar-refractivity contribution < 1.29 is 9.53 Å². The molecule has 1 aliphatic rings. The highest BCUT2D eigenvalue weighted by molar-refractivity contribution is 8.18. The standard InChI is InChI=1S/C19H32O2S2Si/c1-18(2,3)24(4,5)21-15-17(20)14-19(22-12-9-13-23-19)16-10-7-6-8-11-16/h6-8,10-11,17,20H,9,12-15H2,1-5H3/t17-/m1/s1. The predicted octanol–water partition coefficient (Wildman–Crippen LogP) is 5.48. The molecule has 1 aromatic rings. The topological polar surface area (TPSA) is 29.5 Å². The number of hydrogen-bond acceptors (Lipinski definition) is 4. The molecule has 0 amide bonds. The van der Waals surface area contributed by atoms with E-state index in [2.05, 4.69) is 64.2 Å². The molecule has 5 heteroatoms.